The minimum Gasteiger partial charge on any atom is -0.354 e. The van der Waals surface area contributed by atoms with Crippen LogP contribution < -0.4 is 11.1 Å². The Labute approximate surface area is 135 Å². The molecule has 1 aliphatic rings. The lowest BCUT2D eigenvalue weighted by Crippen LogP contribution is -2.43. The predicted molar refractivity (Wildman–Crippen MR) is 88.5 cm³/mol. The molecule has 0 spiro atoms. The summed E-state index contributed by atoms with van der Waals surface area (Å²) in [6.45, 7) is 0.588. The largest absolute Gasteiger partial charge is 0.354 e. The number of halogens is 2. The first-order valence-corrected chi connectivity index (χ1v) is 8.25. The van der Waals surface area contributed by atoms with E-state index in [9.17, 15) is 9.18 Å². The zero-order valence-corrected chi connectivity index (χ0v) is 13.7. The maximum atomic E-state index is 12.9. The smallest absolute Gasteiger partial charge is 0.236 e. The van der Waals surface area contributed by atoms with E-state index in [1.165, 1.54) is 12.1 Å². The summed E-state index contributed by atoms with van der Waals surface area (Å²) in [5, 5.41) is 2.94. The summed E-state index contributed by atoms with van der Waals surface area (Å²) < 4.78 is 12.9. The van der Waals surface area contributed by atoms with Gasteiger partial charge in [0.25, 0.3) is 0 Å². The van der Waals surface area contributed by atoms with Gasteiger partial charge >= 0.3 is 0 Å². The van der Waals surface area contributed by atoms with E-state index in [2.05, 4.69) is 5.32 Å². The van der Waals surface area contributed by atoms with Crippen LogP contribution in [0.25, 0.3) is 0 Å². The summed E-state index contributed by atoms with van der Waals surface area (Å²) in [7, 11) is 0. The minimum atomic E-state index is -0.438. The van der Waals surface area contributed by atoms with Crippen molar-refractivity contribution < 1.29 is 9.18 Å². The van der Waals surface area contributed by atoms with Gasteiger partial charge in [-0.15, -0.1) is 12.4 Å². The molecular weight excluding hydrogens is 311 g/mol. The van der Waals surface area contributed by atoms with Crippen LogP contribution in [0.5, 0.6) is 0 Å². The molecule has 0 bridgehead atoms. The zero-order chi connectivity index (χ0) is 14.6. The molecule has 1 amide bonds. The Morgan fingerprint density at radius 3 is 2.57 bits per heavy atom. The van der Waals surface area contributed by atoms with Crippen LogP contribution in [0.1, 0.15) is 24.8 Å². The van der Waals surface area contributed by atoms with Gasteiger partial charge in [-0.2, -0.15) is 11.8 Å². The van der Waals surface area contributed by atoms with Crippen LogP contribution in [0.2, 0.25) is 0 Å². The highest BCUT2D eigenvalue weighted by Crippen LogP contribution is 2.47. The summed E-state index contributed by atoms with van der Waals surface area (Å²) in [5.74, 6) is 0.567. The summed E-state index contributed by atoms with van der Waals surface area (Å²) in [5.41, 5.74) is 6.92. The van der Waals surface area contributed by atoms with Crippen molar-refractivity contribution >= 4 is 30.1 Å². The highest BCUT2D eigenvalue weighted by Gasteiger charge is 2.44. The van der Waals surface area contributed by atoms with E-state index in [4.69, 9.17) is 5.73 Å². The van der Waals surface area contributed by atoms with Gasteiger partial charge in [0.2, 0.25) is 5.91 Å². The molecule has 1 aliphatic carbocycles. The third-order valence-corrected chi connectivity index (χ3v) is 4.52. The maximum Gasteiger partial charge on any atom is 0.236 e. The number of amides is 1. The molecular formula is C15H22ClFN2OS. The molecule has 1 saturated carbocycles. The van der Waals surface area contributed by atoms with Crippen LogP contribution in [0.3, 0.4) is 0 Å². The number of hydrogen-bond acceptors (Lipinski definition) is 3. The first-order chi connectivity index (χ1) is 9.57. The highest BCUT2D eigenvalue weighted by molar-refractivity contribution is 7.98. The van der Waals surface area contributed by atoms with Crippen molar-refractivity contribution in [2.24, 2.45) is 5.73 Å². The topological polar surface area (TPSA) is 55.1 Å². The molecule has 1 aromatic rings. The van der Waals surface area contributed by atoms with Crippen molar-refractivity contribution in [1.82, 2.24) is 5.32 Å². The van der Waals surface area contributed by atoms with Gasteiger partial charge < -0.3 is 11.1 Å². The van der Waals surface area contributed by atoms with E-state index in [1.54, 1.807) is 11.8 Å². The predicted octanol–water partition coefficient (Wildman–Crippen LogP) is 2.48. The van der Waals surface area contributed by atoms with Crippen LogP contribution in [-0.4, -0.2) is 30.5 Å². The quantitative estimate of drug-likeness (QED) is 0.806. The molecule has 0 radical (unpaired) electrons. The Kier molecular flexibility index (Phi) is 6.97. The van der Waals surface area contributed by atoms with Crippen molar-refractivity contribution in [3.05, 3.63) is 35.6 Å². The van der Waals surface area contributed by atoms with Crippen molar-refractivity contribution in [2.45, 2.75) is 30.7 Å². The molecule has 0 aromatic heterocycles. The fourth-order valence-electron chi connectivity index (χ4n) is 2.29. The Bertz CT molecular complexity index is 465. The van der Waals surface area contributed by atoms with Crippen LogP contribution in [-0.2, 0) is 10.2 Å². The van der Waals surface area contributed by atoms with Gasteiger partial charge in [-0.3, -0.25) is 4.79 Å². The monoisotopic (exact) mass is 332 g/mol. The first-order valence-electron chi connectivity index (χ1n) is 6.86. The van der Waals surface area contributed by atoms with Gasteiger partial charge in [-0.25, -0.2) is 4.39 Å². The molecule has 0 aliphatic heterocycles. The molecule has 2 rings (SSSR count). The van der Waals surface area contributed by atoms with Crippen molar-refractivity contribution in [1.29, 1.82) is 0 Å². The fraction of sp³-hybridized carbons (Fsp3) is 0.533. The minimum absolute atomic E-state index is 0. The number of carbonyl (C=O) groups excluding carboxylic acids is 1. The van der Waals surface area contributed by atoms with E-state index in [0.29, 0.717) is 13.0 Å². The summed E-state index contributed by atoms with van der Waals surface area (Å²) in [6.07, 6.45) is 4.74. The molecule has 118 valence electrons. The third-order valence-electron chi connectivity index (χ3n) is 3.88. The maximum absolute atomic E-state index is 12.9. The summed E-state index contributed by atoms with van der Waals surface area (Å²) in [4.78, 5) is 11.9. The summed E-state index contributed by atoms with van der Waals surface area (Å²) in [6, 6.07) is 6.12. The number of hydrogen-bond donors (Lipinski definition) is 2. The number of thioether (sulfide) groups is 1. The van der Waals surface area contributed by atoms with Gasteiger partial charge in [0.1, 0.15) is 5.82 Å². The molecule has 3 nitrogen and oxygen atoms in total. The van der Waals surface area contributed by atoms with Crippen molar-refractivity contribution in [2.75, 3.05) is 18.6 Å². The Morgan fingerprint density at radius 2 is 2.05 bits per heavy atom. The molecule has 3 N–H and O–H groups in total. The lowest BCUT2D eigenvalue weighted by molar-refractivity contribution is -0.122. The number of carbonyl (C=O) groups is 1. The molecule has 0 heterocycles. The van der Waals surface area contributed by atoms with Gasteiger partial charge in [-0.05, 0) is 49.0 Å². The molecule has 1 fully saturated rings. The molecule has 0 unspecified atom stereocenters. The van der Waals surface area contributed by atoms with E-state index < -0.39 is 6.04 Å². The Hall–Kier alpha value is -0.780. The first kappa shape index (κ1) is 18.3. The molecule has 1 atom stereocenters. The van der Waals surface area contributed by atoms with E-state index in [1.807, 2.05) is 18.4 Å². The third kappa shape index (κ3) is 4.87. The second-order valence-corrected chi connectivity index (χ2v) is 6.38. The van der Waals surface area contributed by atoms with Gasteiger partial charge in [0, 0.05) is 12.0 Å². The van der Waals surface area contributed by atoms with Crippen LogP contribution >= 0.6 is 24.2 Å². The molecule has 0 saturated heterocycles. The normalized spacial score (nSPS) is 16.7. The zero-order valence-electron chi connectivity index (χ0n) is 12.1. The standard InChI is InChI=1S/C15H21FN2OS.ClH/c1-20-9-6-13(17)14(19)18-10-15(7-8-15)11-2-4-12(16)5-3-11;/h2-5,13H,6-10,17H2,1H3,(H,18,19);1H/t13-;/m0./s1. The fourth-order valence-corrected chi connectivity index (χ4v) is 2.77. The number of nitrogens with one attached hydrogen (secondary N) is 1. The Balaban J connectivity index is 0.00000220. The number of rotatable bonds is 7. The average molecular weight is 333 g/mol. The van der Waals surface area contributed by atoms with Crippen LogP contribution in [0.15, 0.2) is 24.3 Å². The van der Waals surface area contributed by atoms with E-state index >= 15 is 0 Å². The number of nitrogens with two attached hydrogens (primary N) is 1. The van der Waals surface area contributed by atoms with Crippen LogP contribution in [0.4, 0.5) is 4.39 Å². The van der Waals surface area contributed by atoms with Crippen molar-refractivity contribution in [3.8, 4) is 0 Å². The van der Waals surface area contributed by atoms with Crippen LogP contribution in [0, 0.1) is 5.82 Å². The van der Waals surface area contributed by atoms with Gasteiger partial charge in [0.05, 0.1) is 6.04 Å². The lowest BCUT2D eigenvalue weighted by Gasteiger charge is -2.18. The van der Waals surface area contributed by atoms with E-state index in [0.717, 1.165) is 24.2 Å². The highest BCUT2D eigenvalue weighted by atomic mass is 35.5. The van der Waals surface area contributed by atoms with Crippen molar-refractivity contribution in [3.63, 3.8) is 0 Å². The van der Waals surface area contributed by atoms with Gasteiger partial charge in [0.15, 0.2) is 0 Å². The molecule has 1 aromatic carbocycles. The second kappa shape index (κ2) is 8.01. The Morgan fingerprint density at radius 1 is 1.43 bits per heavy atom. The SMILES string of the molecule is CSCC[C@H](N)C(=O)NCC1(c2ccc(F)cc2)CC1.Cl. The van der Waals surface area contributed by atoms with Gasteiger partial charge in [-0.1, -0.05) is 12.1 Å². The number of benzene rings is 1. The molecule has 21 heavy (non-hydrogen) atoms. The lowest BCUT2D eigenvalue weighted by atomic mass is 9.96. The van der Waals surface area contributed by atoms with E-state index in [-0.39, 0.29) is 29.5 Å². The summed E-state index contributed by atoms with van der Waals surface area (Å²) >= 11 is 1.69. The second-order valence-electron chi connectivity index (χ2n) is 5.39. The average Bonchev–Trinajstić information content (AvgIpc) is 3.24. The molecule has 6 heteroatoms.